The van der Waals surface area contributed by atoms with Crippen molar-refractivity contribution in [3.8, 4) is 0 Å². The molecule has 0 bridgehead atoms. The topological polar surface area (TPSA) is 111 Å². The minimum absolute atomic E-state index is 0.288. The Bertz CT molecular complexity index is 904. The molecule has 3 aromatic rings. The van der Waals surface area contributed by atoms with E-state index in [1.165, 1.54) is 0 Å². The number of anilines is 1. The maximum atomic E-state index is 6.44. The fraction of sp³-hybridized carbons (Fsp3) is 0.588. The molecular weight excluding hydrogens is 332 g/mol. The van der Waals surface area contributed by atoms with Crippen LogP contribution < -0.4 is 10.6 Å². The molecule has 0 spiro atoms. The van der Waals surface area contributed by atoms with Gasteiger partial charge in [-0.3, -0.25) is 0 Å². The molecule has 1 saturated carbocycles. The van der Waals surface area contributed by atoms with Crippen LogP contribution in [0.25, 0.3) is 5.65 Å². The maximum Gasteiger partial charge on any atom is 0.229 e. The van der Waals surface area contributed by atoms with Crippen molar-refractivity contribution in [1.82, 2.24) is 30.0 Å². The summed E-state index contributed by atoms with van der Waals surface area (Å²) < 4.78 is 7.28. The van der Waals surface area contributed by atoms with Crippen LogP contribution in [0.2, 0.25) is 0 Å². The minimum atomic E-state index is -0.388. The lowest BCUT2D eigenvalue weighted by molar-refractivity contribution is 0.317. The Morgan fingerprint density at radius 3 is 2.77 bits per heavy atom. The van der Waals surface area contributed by atoms with Crippen LogP contribution in [0, 0.1) is 0 Å². The van der Waals surface area contributed by atoms with Gasteiger partial charge >= 0.3 is 0 Å². The molecule has 0 unspecified atom stereocenters. The van der Waals surface area contributed by atoms with Crippen LogP contribution in [-0.4, -0.2) is 43.0 Å². The Morgan fingerprint density at radius 1 is 1.15 bits per heavy atom. The van der Waals surface area contributed by atoms with Crippen molar-refractivity contribution in [2.75, 3.05) is 18.0 Å². The molecule has 2 N–H and O–H groups in total. The van der Waals surface area contributed by atoms with Gasteiger partial charge < -0.3 is 15.2 Å². The molecule has 5 rings (SSSR count). The Hall–Kier alpha value is -2.55. The van der Waals surface area contributed by atoms with Crippen molar-refractivity contribution in [2.24, 2.45) is 5.73 Å². The number of nitrogens with zero attached hydrogens (tertiary/aromatic N) is 7. The lowest BCUT2D eigenvalue weighted by atomic mass is 9.96. The van der Waals surface area contributed by atoms with Crippen LogP contribution in [0.5, 0.6) is 0 Å². The van der Waals surface area contributed by atoms with E-state index in [1.54, 1.807) is 10.8 Å². The summed E-state index contributed by atoms with van der Waals surface area (Å²) in [5.74, 6) is 2.65. The number of piperidine rings is 1. The first kappa shape index (κ1) is 15.7. The summed E-state index contributed by atoms with van der Waals surface area (Å²) >= 11 is 0. The predicted octanol–water partition coefficient (Wildman–Crippen LogP) is 1.62. The fourth-order valence-corrected chi connectivity index (χ4v) is 4.08. The van der Waals surface area contributed by atoms with E-state index in [1.807, 2.05) is 12.1 Å². The third kappa shape index (κ3) is 2.63. The zero-order valence-corrected chi connectivity index (χ0v) is 14.6. The van der Waals surface area contributed by atoms with Crippen molar-refractivity contribution in [2.45, 2.75) is 50.0 Å². The zero-order chi connectivity index (χ0) is 17.6. The highest BCUT2D eigenvalue weighted by atomic mass is 16.5. The average molecular weight is 354 g/mol. The van der Waals surface area contributed by atoms with Crippen LogP contribution in [-0.2, 0) is 5.54 Å². The molecule has 1 aliphatic carbocycles. The van der Waals surface area contributed by atoms with Gasteiger partial charge in [-0.2, -0.15) is 9.50 Å². The Labute approximate surface area is 150 Å². The van der Waals surface area contributed by atoms with Gasteiger partial charge in [0.05, 0.1) is 5.54 Å². The fourth-order valence-electron chi connectivity index (χ4n) is 4.08. The van der Waals surface area contributed by atoms with E-state index in [-0.39, 0.29) is 11.5 Å². The molecule has 3 aromatic heterocycles. The van der Waals surface area contributed by atoms with E-state index in [0.29, 0.717) is 5.82 Å². The SMILES string of the molecule is NC1(c2noc(C3CCN(c4ccc5nncn5n4)CC3)n2)CCCC1. The highest BCUT2D eigenvalue weighted by Crippen LogP contribution is 2.36. The minimum Gasteiger partial charge on any atom is -0.355 e. The van der Waals surface area contributed by atoms with Gasteiger partial charge in [-0.1, -0.05) is 18.0 Å². The van der Waals surface area contributed by atoms with Crippen molar-refractivity contribution >= 4 is 11.5 Å². The second kappa shape index (κ2) is 6.01. The molecule has 9 nitrogen and oxygen atoms in total. The van der Waals surface area contributed by atoms with Gasteiger partial charge in [-0.15, -0.1) is 15.3 Å². The molecule has 136 valence electrons. The monoisotopic (exact) mass is 354 g/mol. The third-order valence-electron chi connectivity index (χ3n) is 5.70. The van der Waals surface area contributed by atoms with Crippen LogP contribution in [0.15, 0.2) is 23.0 Å². The molecule has 0 atom stereocenters. The lowest BCUT2D eigenvalue weighted by Gasteiger charge is -2.31. The number of fused-ring (bicyclic) bond motifs is 1. The normalized spacial score (nSPS) is 20.9. The summed E-state index contributed by atoms with van der Waals surface area (Å²) in [5, 5.41) is 16.6. The molecule has 4 heterocycles. The average Bonchev–Trinajstić information content (AvgIpc) is 3.42. The summed E-state index contributed by atoms with van der Waals surface area (Å²) in [6, 6.07) is 3.93. The molecule has 0 radical (unpaired) electrons. The predicted molar refractivity (Wildman–Crippen MR) is 93.6 cm³/mol. The van der Waals surface area contributed by atoms with E-state index < -0.39 is 0 Å². The van der Waals surface area contributed by atoms with Crippen molar-refractivity contribution in [3.05, 3.63) is 30.2 Å². The molecule has 1 aliphatic heterocycles. The maximum absolute atomic E-state index is 6.44. The second-order valence-corrected chi connectivity index (χ2v) is 7.41. The molecule has 26 heavy (non-hydrogen) atoms. The first-order chi connectivity index (χ1) is 12.7. The van der Waals surface area contributed by atoms with Crippen LogP contribution in [0.4, 0.5) is 5.82 Å². The van der Waals surface area contributed by atoms with E-state index in [9.17, 15) is 0 Å². The largest absolute Gasteiger partial charge is 0.355 e. The van der Waals surface area contributed by atoms with Crippen LogP contribution in [0.1, 0.15) is 56.2 Å². The summed E-state index contributed by atoms with van der Waals surface area (Å²) in [6.45, 7) is 1.80. The Kier molecular flexibility index (Phi) is 3.63. The quantitative estimate of drug-likeness (QED) is 0.755. The zero-order valence-electron chi connectivity index (χ0n) is 14.6. The van der Waals surface area contributed by atoms with Crippen LogP contribution in [0.3, 0.4) is 0 Å². The third-order valence-corrected chi connectivity index (χ3v) is 5.70. The molecule has 9 heteroatoms. The van der Waals surface area contributed by atoms with Gasteiger partial charge in [0.25, 0.3) is 0 Å². The molecule has 2 aliphatic rings. The number of rotatable bonds is 3. The van der Waals surface area contributed by atoms with Gasteiger partial charge in [-0.25, -0.2) is 0 Å². The first-order valence-corrected chi connectivity index (χ1v) is 9.26. The van der Waals surface area contributed by atoms with Gasteiger partial charge in [0, 0.05) is 19.0 Å². The van der Waals surface area contributed by atoms with E-state index >= 15 is 0 Å². The van der Waals surface area contributed by atoms with Crippen molar-refractivity contribution < 1.29 is 4.52 Å². The first-order valence-electron chi connectivity index (χ1n) is 9.26. The summed E-state index contributed by atoms with van der Waals surface area (Å²) in [6.07, 6.45) is 7.72. The molecule has 2 fully saturated rings. The number of nitrogens with two attached hydrogens (primary N) is 1. The Morgan fingerprint density at radius 2 is 1.96 bits per heavy atom. The van der Waals surface area contributed by atoms with Gasteiger partial charge in [0.2, 0.25) is 5.89 Å². The van der Waals surface area contributed by atoms with Gasteiger partial charge in [0.15, 0.2) is 11.5 Å². The number of hydrogen-bond donors (Lipinski definition) is 1. The van der Waals surface area contributed by atoms with Crippen molar-refractivity contribution in [3.63, 3.8) is 0 Å². The van der Waals surface area contributed by atoms with Crippen LogP contribution >= 0.6 is 0 Å². The highest BCUT2D eigenvalue weighted by molar-refractivity contribution is 5.45. The highest BCUT2D eigenvalue weighted by Gasteiger charge is 2.37. The van der Waals surface area contributed by atoms with Gasteiger partial charge in [0.1, 0.15) is 12.1 Å². The smallest absolute Gasteiger partial charge is 0.229 e. The van der Waals surface area contributed by atoms with E-state index in [2.05, 4.69) is 30.3 Å². The van der Waals surface area contributed by atoms with E-state index in [0.717, 1.165) is 69.0 Å². The molecule has 1 saturated heterocycles. The second-order valence-electron chi connectivity index (χ2n) is 7.41. The number of aromatic nitrogens is 6. The molecule has 0 amide bonds. The summed E-state index contributed by atoms with van der Waals surface area (Å²) in [5.41, 5.74) is 6.81. The molecule has 0 aromatic carbocycles. The van der Waals surface area contributed by atoms with Gasteiger partial charge in [-0.05, 0) is 37.8 Å². The molecular formula is C17H22N8O. The Balaban J connectivity index is 1.27. The summed E-state index contributed by atoms with van der Waals surface area (Å²) in [7, 11) is 0. The van der Waals surface area contributed by atoms with E-state index in [4.69, 9.17) is 10.3 Å². The standard InChI is InChI=1S/C17H22N8O/c18-17(7-1-2-8-17)16-20-15(26-23-16)12-5-9-24(10-6-12)14-4-3-13-21-19-11-25(13)22-14/h3-4,11-12H,1-2,5-10,18H2. The lowest BCUT2D eigenvalue weighted by Crippen LogP contribution is -2.35. The van der Waals surface area contributed by atoms with Crippen molar-refractivity contribution in [1.29, 1.82) is 0 Å². The number of hydrogen-bond acceptors (Lipinski definition) is 8. The summed E-state index contributed by atoms with van der Waals surface area (Å²) in [4.78, 5) is 6.93.